The normalized spacial score (nSPS) is 15.0. The molecule has 0 amide bonds. The van der Waals surface area contributed by atoms with Crippen LogP contribution in [0.2, 0.25) is 0 Å². The summed E-state index contributed by atoms with van der Waals surface area (Å²) in [5, 5.41) is 17.3. The Balaban J connectivity index is 2.10. The van der Waals surface area contributed by atoms with Gasteiger partial charge in [0.05, 0.1) is 13.1 Å². The van der Waals surface area contributed by atoms with E-state index in [1.54, 1.807) is 19.3 Å². The predicted molar refractivity (Wildman–Crippen MR) is 89.6 cm³/mol. The number of imidazole rings is 1. The number of carbonyl (C=O) groups excluding carboxylic acids is 3. The molecular formula is C15H18BN2O12+. The smallest absolute Gasteiger partial charge is 0.473 e. The first kappa shape index (κ1) is 22.5. The van der Waals surface area contributed by atoms with E-state index in [9.17, 15) is 24.0 Å². The van der Waals surface area contributed by atoms with Gasteiger partial charge in [0.1, 0.15) is 25.1 Å². The number of hydrogen-bond acceptors (Lipinski definition) is 10. The molecule has 2 heterocycles. The number of rotatable bonds is 9. The lowest BCUT2D eigenvalue weighted by atomic mass is 10.2. The molecule has 0 spiro atoms. The minimum absolute atomic E-state index is 0.00135. The molecule has 0 saturated carbocycles. The van der Waals surface area contributed by atoms with Crippen molar-refractivity contribution >= 4 is 37.4 Å². The van der Waals surface area contributed by atoms with Crippen molar-refractivity contribution in [2.45, 2.75) is 39.0 Å². The number of ether oxygens (including phenoxy) is 2. The molecule has 2 rings (SSSR count). The summed E-state index contributed by atoms with van der Waals surface area (Å²) >= 11 is 0. The molecular weight excluding hydrogens is 411 g/mol. The number of aliphatic carboxylic acids is 2. The third-order valence-corrected chi connectivity index (χ3v) is 3.79. The zero-order valence-corrected chi connectivity index (χ0v) is 15.7. The maximum Gasteiger partial charge on any atom is 0.873 e. The highest BCUT2D eigenvalue weighted by Crippen LogP contribution is 2.13. The first-order valence-electron chi connectivity index (χ1n) is 8.67. The van der Waals surface area contributed by atoms with E-state index in [-0.39, 0.29) is 12.6 Å². The standard InChI is InChI=1S/C15H17BN2O12/c1-2-17-6-7-18(5-3-4-9-8-26-15(25)27-9)14(17)30-16(28-12(23)10(19)20)29-13(24)11(21)22/h6-7,9H,2-5,8H2,1H3,(H-,19,20,21,22)/p+1. The molecule has 0 bridgehead atoms. The molecule has 1 saturated heterocycles. The number of hydrogen-bond donors (Lipinski definition) is 2. The highest BCUT2D eigenvalue weighted by molar-refractivity contribution is 6.50. The van der Waals surface area contributed by atoms with Crippen LogP contribution in [0.25, 0.3) is 0 Å². The second-order valence-electron chi connectivity index (χ2n) is 5.83. The van der Waals surface area contributed by atoms with Gasteiger partial charge in [0.15, 0.2) is 0 Å². The molecule has 1 fully saturated rings. The van der Waals surface area contributed by atoms with Crippen molar-refractivity contribution in [2.24, 2.45) is 0 Å². The number of carboxylic acids is 2. The van der Waals surface area contributed by atoms with E-state index in [4.69, 9.17) is 19.6 Å². The van der Waals surface area contributed by atoms with Crippen LogP contribution in [-0.2, 0) is 51.1 Å². The number of aryl methyl sites for hydroxylation is 2. The molecule has 162 valence electrons. The second-order valence-corrected chi connectivity index (χ2v) is 5.83. The Morgan fingerprint density at radius 3 is 2.37 bits per heavy atom. The van der Waals surface area contributed by atoms with E-state index in [0.29, 0.717) is 25.9 Å². The summed E-state index contributed by atoms with van der Waals surface area (Å²) in [4.78, 5) is 54.9. The number of carbonyl (C=O) groups is 5. The van der Waals surface area contributed by atoms with Gasteiger partial charge in [0.2, 0.25) is 0 Å². The Hall–Kier alpha value is -3.78. The zero-order valence-electron chi connectivity index (χ0n) is 15.7. The lowest BCUT2D eigenvalue weighted by Crippen LogP contribution is -2.44. The SMILES string of the molecule is CCn1cc[n+](CCCC2COC(=O)O2)c1OB(OC(=O)C(=O)O)OC(=O)C(=O)O. The van der Waals surface area contributed by atoms with Crippen molar-refractivity contribution in [2.75, 3.05) is 6.61 Å². The van der Waals surface area contributed by atoms with Gasteiger partial charge in [-0.05, 0) is 19.8 Å². The van der Waals surface area contributed by atoms with Gasteiger partial charge in [-0.15, -0.1) is 0 Å². The lowest BCUT2D eigenvalue weighted by molar-refractivity contribution is -0.700. The van der Waals surface area contributed by atoms with Crippen molar-refractivity contribution in [3.05, 3.63) is 12.4 Å². The fraction of sp³-hybridized carbons (Fsp3) is 0.467. The minimum atomic E-state index is -2.26. The van der Waals surface area contributed by atoms with Crippen LogP contribution in [0.3, 0.4) is 0 Å². The Labute approximate surface area is 169 Å². The topological polar surface area (TPSA) is 181 Å². The molecule has 0 radical (unpaired) electrons. The van der Waals surface area contributed by atoms with Crippen LogP contribution in [0.4, 0.5) is 4.79 Å². The summed E-state index contributed by atoms with van der Waals surface area (Å²) in [7, 11) is -2.26. The van der Waals surface area contributed by atoms with E-state index in [2.05, 4.69) is 14.0 Å². The van der Waals surface area contributed by atoms with E-state index >= 15 is 0 Å². The summed E-state index contributed by atoms with van der Waals surface area (Å²) in [5.41, 5.74) is 0. The Bertz CT molecular complexity index is 810. The first-order valence-corrected chi connectivity index (χ1v) is 8.67. The summed E-state index contributed by atoms with van der Waals surface area (Å²) in [6.45, 7) is 2.57. The molecule has 30 heavy (non-hydrogen) atoms. The summed E-state index contributed by atoms with van der Waals surface area (Å²) in [6, 6.07) is -0.00135. The molecule has 1 aromatic rings. The van der Waals surface area contributed by atoms with Crippen LogP contribution in [0.1, 0.15) is 19.8 Å². The number of nitrogens with zero attached hydrogens (tertiary/aromatic N) is 2. The van der Waals surface area contributed by atoms with E-state index in [1.807, 2.05) is 0 Å². The van der Waals surface area contributed by atoms with Crippen molar-refractivity contribution in [3.63, 3.8) is 0 Å². The quantitative estimate of drug-likeness (QED) is 0.206. The molecule has 0 aliphatic carbocycles. The van der Waals surface area contributed by atoms with Crippen LogP contribution >= 0.6 is 0 Å². The zero-order chi connectivity index (χ0) is 22.3. The second kappa shape index (κ2) is 10.1. The number of carboxylic acid groups (broad SMARTS) is 2. The first-order chi connectivity index (χ1) is 14.2. The molecule has 15 heteroatoms. The van der Waals surface area contributed by atoms with Crippen LogP contribution in [-0.4, -0.2) is 64.8 Å². The third kappa shape index (κ3) is 6.12. The number of cyclic esters (lactones) is 2. The van der Waals surface area contributed by atoms with Gasteiger partial charge in [-0.3, -0.25) is 0 Å². The predicted octanol–water partition coefficient (Wildman–Crippen LogP) is -1.27. The van der Waals surface area contributed by atoms with Gasteiger partial charge >= 0.3 is 43.4 Å². The largest absolute Gasteiger partial charge is 0.873 e. The van der Waals surface area contributed by atoms with Gasteiger partial charge in [0.25, 0.3) is 0 Å². The van der Waals surface area contributed by atoms with Gasteiger partial charge in [-0.1, -0.05) is 0 Å². The summed E-state index contributed by atoms with van der Waals surface area (Å²) < 4.78 is 26.7. The molecule has 1 atom stereocenters. The average molecular weight is 429 g/mol. The molecule has 1 unspecified atom stereocenters. The number of aromatic nitrogens is 2. The van der Waals surface area contributed by atoms with Crippen molar-refractivity contribution < 1.29 is 62.2 Å². The molecule has 1 aromatic heterocycles. The fourth-order valence-electron chi connectivity index (χ4n) is 2.43. The van der Waals surface area contributed by atoms with E-state index < -0.39 is 43.5 Å². The minimum Gasteiger partial charge on any atom is -0.473 e. The van der Waals surface area contributed by atoms with Gasteiger partial charge in [-0.2, -0.15) is 9.13 Å². The van der Waals surface area contributed by atoms with Crippen LogP contribution in [0.15, 0.2) is 12.4 Å². The van der Waals surface area contributed by atoms with Crippen molar-refractivity contribution in [1.82, 2.24) is 4.57 Å². The maximum atomic E-state index is 11.3. The monoisotopic (exact) mass is 429 g/mol. The van der Waals surface area contributed by atoms with Crippen molar-refractivity contribution in [1.29, 1.82) is 0 Å². The van der Waals surface area contributed by atoms with E-state index in [1.165, 1.54) is 9.13 Å². The summed E-state index contributed by atoms with van der Waals surface area (Å²) in [6.07, 6.45) is 3.02. The fourth-order valence-corrected chi connectivity index (χ4v) is 2.43. The average Bonchev–Trinajstić information content (AvgIpc) is 3.27. The molecule has 1 aliphatic heterocycles. The molecule has 2 N–H and O–H groups in total. The van der Waals surface area contributed by atoms with Crippen LogP contribution < -0.4 is 9.22 Å². The lowest BCUT2D eigenvalue weighted by Gasteiger charge is -2.12. The van der Waals surface area contributed by atoms with Gasteiger partial charge < -0.3 is 33.6 Å². The van der Waals surface area contributed by atoms with Crippen molar-refractivity contribution in [3.8, 4) is 6.01 Å². The Morgan fingerprint density at radius 1 is 1.23 bits per heavy atom. The summed E-state index contributed by atoms with van der Waals surface area (Å²) in [5.74, 6) is -7.63. The highest BCUT2D eigenvalue weighted by atomic mass is 16.8. The van der Waals surface area contributed by atoms with Crippen LogP contribution in [0, 0.1) is 0 Å². The highest BCUT2D eigenvalue weighted by Gasteiger charge is 2.42. The molecule has 0 aromatic carbocycles. The van der Waals surface area contributed by atoms with Gasteiger partial charge in [-0.25, -0.2) is 24.0 Å². The van der Waals surface area contributed by atoms with Gasteiger partial charge in [0, 0.05) is 0 Å². The van der Waals surface area contributed by atoms with E-state index in [0.717, 1.165) is 0 Å². The Kier molecular flexibility index (Phi) is 7.60. The molecule has 14 nitrogen and oxygen atoms in total. The molecule has 1 aliphatic rings. The maximum absolute atomic E-state index is 11.3. The Morgan fingerprint density at radius 2 is 1.87 bits per heavy atom. The van der Waals surface area contributed by atoms with Crippen LogP contribution in [0.5, 0.6) is 6.01 Å². The third-order valence-electron chi connectivity index (χ3n) is 3.79.